The fourth-order valence-electron chi connectivity index (χ4n) is 3.17. The first-order valence-corrected chi connectivity index (χ1v) is 11.1. The molecule has 0 fully saturated rings. The third-order valence-electron chi connectivity index (χ3n) is 4.95. The Bertz CT molecular complexity index is 1320. The molecular formula is C23H19Cl3N4O3. The molecule has 170 valence electrons. The molecule has 0 unspecified atom stereocenters. The normalized spacial score (nSPS) is 10.9. The van der Waals surface area contributed by atoms with Crippen molar-refractivity contribution < 1.29 is 14.1 Å². The molecule has 0 saturated carbocycles. The second kappa shape index (κ2) is 9.87. The van der Waals surface area contributed by atoms with Crippen LogP contribution in [0.5, 0.6) is 5.75 Å². The lowest BCUT2D eigenvalue weighted by Crippen LogP contribution is -2.16. The molecule has 1 N–H and O–H groups in total. The van der Waals surface area contributed by atoms with Gasteiger partial charge in [0, 0.05) is 11.8 Å². The van der Waals surface area contributed by atoms with Crippen LogP contribution in [0.3, 0.4) is 0 Å². The number of halogens is 3. The number of aromatic nitrogens is 3. The first kappa shape index (κ1) is 23.2. The number of aryl methyl sites for hydroxylation is 2. The minimum Gasteiger partial charge on any atom is -0.487 e. The number of nitrogens with one attached hydrogen (secondary N) is 1. The number of anilines is 1. The lowest BCUT2D eigenvalue weighted by Gasteiger charge is -2.08. The number of rotatable bonds is 7. The maximum atomic E-state index is 12.9. The minimum absolute atomic E-state index is 0.0760. The van der Waals surface area contributed by atoms with Crippen molar-refractivity contribution in [3.8, 4) is 5.75 Å². The van der Waals surface area contributed by atoms with Crippen LogP contribution in [0.25, 0.3) is 0 Å². The molecule has 0 aliphatic rings. The van der Waals surface area contributed by atoms with E-state index in [1.807, 2.05) is 19.1 Å². The predicted molar refractivity (Wildman–Crippen MR) is 128 cm³/mol. The van der Waals surface area contributed by atoms with E-state index in [1.54, 1.807) is 48.0 Å². The van der Waals surface area contributed by atoms with Crippen LogP contribution in [0.2, 0.25) is 15.1 Å². The van der Waals surface area contributed by atoms with Crippen molar-refractivity contribution in [3.05, 3.63) is 91.9 Å². The predicted octanol–water partition coefficient (Wildman–Crippen LogP) is 6.33. The zero-order valence-electron chi connectivity index (χ0n) is 17.7. The zero-order chi connectivity index (χ0) is 23.5. The largest absolute Gasteiger partial charge is 0.487 e. The topological polar surface area (TPSA) is 82.2 Å². The van der Waals surface area contributed by atoms with Crippen molar-refractivity contribution in [2.45, 2.75) is 27.0 Å². The number of hydrogen-bond donors (Lipinski definition) is 1. The molecule has 1 amide bonds. The van der Waals surface area contributed by atoms with Gasteiger partial charge in [0.25, 0.3) is 5.91 Å². The molecule has 2 heterocycles. The molecule has 7 nitrogen and oxygen atoms in total. The molecule has 4 rings (SSSR count). The molecule has 33 heavy (non-hydrogen) atoms. The second-order valence-electron chi connectivity index (χ2n) is 7.32. The summed E-state index contributed by atoms with van der Waals surface area (Å²) in [5.74, 6) is 0.913. The smallest absolute Gasteiger partial charge is 0.279 e. The summed E-state index contributed by atoms with van der Waals surface area (Å²) in [4.78, 5) is 12.9. The van der Waals surface area contributed by atoms with Crippen LogP contribution in [0.1, 0.15) is 33.1 Å². The maximum absolute atomic E-state index is 12.9. The first-order valence-electron chi connectivity index (χ1n) is 9.94. The van der Waals surface area contributed by atoms with Crippen LogP contribution in [0.15, 0.2) is 53.1 Å². The molecule has 10 heteroatoms. The third-order valence-corrected chi connectivity index (χ3v) is 6.00. The molecule has 0 spiro atoms. The quantitative estimate of drug-likeness (QED) is 0.317. The summed E-state index contributed by atoms with van der Waals surface area (Å²) in [5.41, 5.74) is 2.44. The van der Waals surface area contributed by atoms with Gasteiger partial charge < -0.3 is 14.6 Å². The zero-order valence-corrected chi connectivity index (χ0v) is 20.0. The summed E-state index contributed by atoms with van der Waals surface area (Å²) in [6.45, 7) is 4.15. The molecule has 0 bridgehead atoms. The second-order valence-corrected chi connectivity index (χ2v) is 8.54. The number of para-hydroxylation sites is 1. The fourth-order valence-corrected chi connectivity index (χ4v) is 3.68. The van der Waals surface area contributed by atoms with E-state index in [4.69, 9.17) is 44.1 Å². The molecule has 0 aliphatic carbocycles. The summed E-state index contributed by atoms with van der Waals surface area (Å²) in [5, 5.41) is 12.6. The Kier molecular flexibility index (Phi) is 6.93. The van der Waals surface area contributed by atoms with E-state index in [2.05, 4.69) is 15.6 Å². The summed E-state index contributed by atoms with van der Waals surface area (Å²) in [6.07, 6.45) is 0. The Morgan fingerprint density at radius 3 is 2.61 bits per heavy atom. The average molecular weight is 506 g/mol. The number of benzene rings is 2. The van der Waals surface area contributed by atoms with Gasteiger partial charge >= 0.3 is 0 Å². The van der Waals surface area contributed by atoms with Crippen molar-refractivity contribution in [1.82, 2.24) is 14.9 Å². The van der Waals surface area contributed by atoms with Crippen molar-refractivity contribution in [3.63, 3.8) is 0 Å². The van der Waals surface area contributed by atoms with Crippen LogP contribution in [-0.4, -0.2) is 20.8 Å². The monoisotopic (exact) mass is 504 g/mol. The van der Waals surface area contributed by atoms with Gasteiger partial charge in [-0.3, -0.25) is 9.48 Å². The maximum Gasteiger partial charge on any atom is 0.279 e. The summed E-state index contributed by atoms with van der Waals surface area (Å²) in [7, 11) is 0. The number of ether oxygens (including phenoxy) is 1. The van der Waals surface area contributed by atoms with E-state index in [9.17, 15) is 4.79 Å². The van der Waals surface area contributed by atoms with Gasteiger partial charge in [-0.15, -0.1) is 0 Å². The Hall–Kier alpha value is -3.00. The third kappa shape index (κ3) is 5.33. The van der Waals surface area contributed by atoms with E-state index >= 15 is 0 Å². The van der Waals surface area contributed by atoms with Gasteiger partial charge in [0.1, 0.15) is 18.1 Å². The lowest BCUT2D eigenvalue weighted by atomic mass is 10.2. The lowest BCUT2D eigenvalue weighted by molar-refractivity contribution is 0.101. The molecule has 2 aromatic carbocycles. The van der Waals surface area contributed by atoms with Crippen molar-refractivity contribution in [2.75, 3.05) is 5.32 Å². The van der Waals surface area contributed by atoms with Gasteiger partial charge in [0.15, 0.2) is 11.5 Å². The van der Waals surface area contributed by atoms with E-state index < -0.39 is 5.91 Å². The number of carbonyl (C=O) groups excluding carboxylic acids is 1. The van der Waals surface area contributed by atoms with Gasteiger partial charge in [-0.25, -0.2) is 0 Å². The van der Waals surface area contributed by atoms with E-state index in [1.165, 1.54) is 0 Å². The average Bonchev–Trinajstić information content (AvgIpc) is 3.32. The van der Waals surface area contributed by atoms with Gasteiger partial charge in [-0.1, -0.05) is 58.2 Å². The molecule has 0 atom stereocenters. The van der Waals surface area contributed by atoms with E-state index in [0.29, 0.717) is 44.5 Å². The highest BCUT2D eigenvalue weighted by atomic mass is 35.5. The Morgan fingerprint density at radius 1 is 1.06 bits per heavy atom. The minimum atomic E-state index is -0.455. The van der Waals surface area contributed by atoms with E-state index in [-0.39, 0.29) is 12.3 Å². The molecule has 0 saturated heterocycles. The molecular weight excluding hydrogens is 487 g/mol. The van der Waals surface area contributed by atoms with Gasteiger partial charge in [-0.2, -0.15) is 5.10 Å². The fraction of sp³-hybridized carbons (Fsp3) is 0.174. The van der Waals surface area contributed by atoms with Gasteiger partial charge in [0.2, 0.25) is 0 Å². The molecule has 4 aromatic rings. The van der Waals surface area contributed by atoms with Crippen molar-refractivity contribution in [2.24, 2.45) is 0 Å². The van der Waals surface area contributed by atoms with Crippen LogP contribution in [-0.2, 0) is 13.2 Å². The summed E-state index contributed by atoms with van der Waals surface area (Å²) in [6, 6.07) is 14.2. The molecule has 2 aromatic heterocycles. The number of nitrogens with zero attached hydrogens (tertiary/aromatic N) is 3. The Labute approximate surface area is 205 Å². The van der Waals surface area contributed by atoms with Crippen LogP contribution < -0.4 is 10.1 Å². The van der Waals surface area contributed by atoms with Crippen LogP contribution in [0, 0.1) is 13.8 Å². The van der Waals surface area contributed by atoms with Crippen molar-refractivity contribution >= 4 is 46.5 Å². The highest BCUT2D eigenvalue weighted by molar-refractivity contribution is 6.42. The van der Waals surface area contributed by atoms with Crippen molar-refractivity contribution in [1.29, 1.82) is 0 Å². The highest BCUT2D eigenvalue weighted by Crippen LogP contribution is 2.26. The van der Waals surface area contributed by atoms with Crippen LogP contribution in [0.4, 0.5) is 5.82 Å². The Morgan fingerprint density at radius 2 is 1.85 bits per heavy atom. The molecule has 0 aliphatic heterocycles. The van der Waals surface area contributed by atoms with Crippen LogP contribution >= 0.6 is 34.8 Å². The SMILES string of the molecule is Cc1onc(C(=O)Nc2cc(C)n(Cc3ccc(Cl)c(Cl)c3)n2)c1COc1ccccc1Cl. The number of carbonyl (C=O) groups is 1. The van der Waals surface area contributed by atoms with Gasteiger partial charge in [0.05, 0.1) is 27.2 Å². The van der Waals surface area contributed by atoms with E-state index in [0.717, 1.165) is 11.3 Å². The Balaban J connectivity index is 1.47. The number of amides is 1. The molecule has 0 radical (unpaired) electrons. The van der Waals surface area contributed by atoms with Gasteiger partial charge in [-0.05, 0) is 43.7 Å². The summed E-state index contributed by atoms with van der Waals surface area (Å²) < 4.78 is 12.7. The number of hydrogen-bond acceptors (Lipinski definition) is 5. The highest BCUT2D eigenvalue weighted by Gasteiger charge is 2.22. The summed E-state index contributed by atoms with van der Waals surface area (Å²) >= 11 is 18.2. The standard InChI is InChI=1S/C23H19Cl3N4O3/c1-13-9-21(28-30(13)11-15-7-8-17(24)19(26)10-15)27-23(31)22-16(14(2)33-29-22)12-32-20-6-4-3-5-18(20)25/h3-10H,11-12H2,1-2H3,(H,27,28,31). The first-order chi connectivity index (χ1) is 15.8.